The molecule has 1 N–H and O–H groups in total. The lowest BCUT2D eigenvalue weighted by Gasteiger charge is -2.44. The molecule has 1 saturated heterocycles. The number of fused-ring (bicyclic) bond motifs is 1. The SMILES string of the molecule is CC(=O)N[C@@H]1[C@H](Oc2nc3cc(C)ccc3o2)O[C@H](COC(C)=O)[C@@H](OC(C)=O)[C@@H]1OC(C)=O. The van der Waals surface area contributed by atoms with E-state index >= 15 is 0 Å². The van der Waals surface area contributed by atoms with Gasteiger partial charge in [0.15, 0.2) is 17.8 Å². The zero-order chi connectivity index (χ0) is 25.0. The molecule has 184 valence electrons. The molecule has 0 radical (unpaired) electrons. The Labute approximate surface area is 194 Å². The standard InChI is InChI=1S/C22H26N2O10/c1-10-6-7-16-15(8-10)24-22(33-16)34-21-18(23-11(2)25)20(31-14(5)28)19(30-13(4)27)17(32-21)9-29-12(3)26/h6-8,17-21H,9H2,1-5H3,(H,23,25)/t17-,18+,19-,20-,21+/m1/s1. The van der Waals surface area contributed by atoms with Crippen molar-refractivity contribution in [3.8, 4) is 6.08 Å². The number of carbonyl (C=O) groups is 4. The summed E-state index contributed by atoms with van der Waals surface area (Å²) in [4.78, 5) is 51.3. The molecule has 1 aromatic heterocycles. The minimum atomic E-state index is -1.31. The van der Waals surface area contributed by atoms with Crippen LogP contribution in [0.15, 0.2) is 22.6 Å². The average Bonchev–Trinajstić information content (AvgIpc) is 3.11. The number of aromatic nitrogens is 1. The molecule has 1 aliphatic heterocycles. The lowest BCUT2D eigenvalue weighted by atomic mass is 9.96. The molecule has 0 spiro atoms. The highest BCUT2D eigenvalue weighted by atomic mass is 16.7. The summed E-state index contributed by atoms with van der Waals surface area (Å²) in [5.74, 6) is -2.51. The number of carbonyl (C=O) groups excluding carboxylic acids is 4. The number of rotatable bonds is 7. The highest BCUT2D eigenvalue weighted by molar-refractivity contribution is 5.74. The number of aryl methyl sites for hydroxylation is 1. The van der Waals surface area contributed by atoms with Gasteiger partial charge in [0.1, 0.15) is 24.3 Å². The summed E-state index contributed by atoms with van der Waals surface area (Å²) in [7, 11) is 0. The fourth-order valence-corrected chi connectivity index (χ4v) is 3.56. The zero-order valence-corrected chi connectivity index (χ0v) is 19.4. The van der Waals surface area contributed by atoms with Crippen molar-refractivity contribution in [1.29, 1.82) is 0 Å². The topological polar surface area (TPSA) is 152 Å². The van der Waals surface area contributed by atoms with Gasteiger partial charge in [-0.2, -0.15) is 4.98 Å². The second-order valence-electron chi connectivity index (χ2n) is 7.79. The molecule has 2 heterocycles. The largest absolute Gasteiger partial charge is 0.463 e. The minimum Gasteiger partial charge on any atom is -0.463 e. The summed E-state index contributed by atoms with van der Waals surface area (Å²) in [6, 6.07) is 4.22. The number of nitrogens with one attached hydrogen (secondary N) is 1. The Kier molecular flexibility index (Phi) is 7.72. The Balaban J connectivity index is 1.98. The van der Waals surface area contributed by atoms with Gasteiger partial charge in [0.25, 0.3) is 0 Å². The van der Waals surface area contributed by atoms with E-state index in [-0.39, 0.29) is 12.7 Å². The Morgan fingerprint density at radius 3 is 2.29 bits per heavy atom. The second-order valence-corrected chi connectivity index (χ2v) is 7.79. The van der Waals surface area contributed by atoms with Crippen molar-refractivity contribution < 1.29 is 47.3 Å². The molecular formula is C22H26N2O10. The first-order chi connectivity index (χ1) is 16.0. The Bertz CT molecular complexity index is 1080. The molecule has 0 aliphatic carbocycles. The van der Waals surface area contributed by atoms with Gasteiger partial charge in [-0.3, -0.25) is 19.2 Å². The maximum atomic E-state index is 12.0. The summed E-state index contributed by atoms with van der Waals surface area (Å²) in [5, 5.41) is 2.60. The van der Waals surface area contributed by atoms with E-state index in [0.717, 1.165) is 19.4 Å². The summed E-state index contributed by atoms with van der Waals surface area (Å²) in [6.45, 7) is 6.31. The number of benzene rings is 1. The third-order valence-electron chi connectivity index (χ3n) is 4.81. The lowest BCUT2D eigenvalue weighted by Crippen LogP contribution is -2.67. The van der Waals surface area contributed by atoms with Crippen LogP contribution in [0.4, 0.5) is 0 Å². The maximum Gasteiger partial charge on any atom is 0.397 e. The van der Waals surface area contributed by atoms with Gasteiger partial charge in [-0.25, -0.2) is 0 Å². The van der Waals surface area contributed by atoms with Crippen molar-refractivity contribution in [1.82, 2.24) is 10.3 Å². The van der Waals surface area contributed by atoms with Crippen molar-refractivity contribution in [2.24, 2.45) is 0 Å². The fraction of sp³-hybridized carbons (Fsp3) is 0.500. The number of oxazole rings is 1. The van der Waals surface area contributed by atoms with Gasteiger partial charge in [0, 0.05) is 27.7 Å². The molecule has 1 fully saturated rings. The predicted octanol–water partition coefficient (Wildman–Crippen LogP) is 1.17. The summed E-state index contributed by atoms with van der Waals surface area (Å²) in [5.41, 5.74) is 1.95. The van der Waals surface area contributed by atoms with Gasteiger partial charge in [-0.1, -0.05) is 6.07 Å². The number of nitrogens with zero attached hydrogens (tertiary/aromatic N) is 1. The Hall–Kier alpha value is -3.67. The molecule has 5 atom stereocenters. The van der Waals surface area contributed by atoms with Gasteiger partial charge < -0.3 is 33.4 Å². The van der Waals surface area contributed by atoms with Crippen molar-refractivity contribution in [3.05, 3.63) is 23.8 Å². The zero-order valence-electron chi connectivity index (χ0n) is 19.4. The third-order valence-corrected chi connectivity index (χ3v) is 4.81. The summed E-state index contributed by atoms with van der Waals surface area (Å²) >= 11 is 0. The molecule has 1 amide bonds. The van der Waals surface area contributed by atoms with Gasteiger partial charge in [-0.15, -0.1) is 0 Å². The molecule has 0 unspecified atom stereocenters. The van der Waals surface area contributed by atoms with E-state index in [0.29, 0.717) is 11.1 Å². The minimum absolute atomic E-state index is 0.167. The number of hydrogen-bond acceptors (Lipinski definition) is 11. The predicted molar refractivity (Wildman–Crippen MR) is 113 cm³/mol. The molecular weight excluding hydrogens is 452 g/mol. The van der Waals surface area contributed by atoms with Crippen molar-refractivity contribution >= 4 is 34.9 Å². The second kappa shape index (κ2) is 10.5. The molecule has 3 rings (SSSR count). The first-order valence-corrected chi connectivity index (χ1v) is 10.5. The number of hydrogen-bond donors (Lipinski definition) is 1. The van der Waals surface area contributed by atoms with Gasteiger partial charge in [0.2, 0.25) is 12.2 Å². The monoisotopic (exact) mass is 478 g/mol. The summed E-state index contributed by atoms with van der Waals surface area (Å²) < 4.78 is 33.1. The van der Waals surface area contributed by atoms with E-state index in [1.54, 1.807) is 12.1 Å². The molecule has 0 bridgehead atoms. The van der Waals surface area contributed by atoms with Crippen LogP contribution >= 0.6 is 0 Å². The molecule has 1 aromatic carbocycles. The van der Waals surface area contributed by atoms with Gasteiger partial charge >= 0.3 is 24.0 Å². The number of amides is 1. The summed E-state index contributed by atoms with van der Waals surface area (Å²) in [6.07, 6.45) is -5.03. The van der Waals surface area contributed by atoms with Crippen LogP contribution < -0.4 is 10.1 Å². The Morgan fingerprint density at radius 1 is 1.00 bits per heavy atom. The van der Waals surface area contributed by atoms with E-state index in [1.807, 2.05) is 13.0 Å². The quantitative estimate of drug-likeness (QED) is 0.451. The number of esters is 3. The maximum absolute atomic E-state index is 12.0. The van der Waals surface area contributed by atoms with Gasteiger partial charge in [0.05, 0.1) is 0 Å². The van der Waals surface area contributed by atoms with Crippen LogP contribution in [0.2, 0.25) is 0 Å². The lowest BCUT2D eigenvalue weighted by molar-refractivity contribution is -0.259. The van der Waals surface area contributed by atoms with Crippen molar-refractivity contribution in [2.45, 2.75) is 65.3 Å². The molecule has 1 aliphatic rings. The van der Waals surface area contributed by atoms with Crippen LogP contribution in [0.25, 0.3) is 11.1 Å². The highest BCUT2D eigenvalue weighted by Gasteiger charge is 2.52. The normalized spacial score (nSPS) is 24.2. The van der Waals surface area contributed by atoms with Crippen molar-refractivity contribution in [3.63, 3.8) is 0 Å². The van der Waals surface area contributed by atoms with E-state index < -0.39 is 54.5 Å². The molecule has 12 nitrogen and oxygen atoms in total. The molecule has 0 saturated carbocycles. The van der Waals surface area contributed by atoms with Crippen molar-refractivity contribution in [2.75, 3.05) is 6.61 Å². The van der Waals surface area contributed by atoms with Crippen LogP contribution in [-0.2, 0) is 38.1 Å². The number of ether oxygens (including phenoxy) is 5. The first-order valence-electron chi connectivity index (χ1n) is 10.5. The molecule has 34 heavy (non-hydrogen) atoms. The van der Waals surface area contributed by atoms with E-state index in [1.165, 1.54) is 13.8 Å². The van der Waals surface area contributed by atoms with Crippen LogP contribution in [-0.4, -0.2) is 66.0 Å². The van der Waals surface area contributed by atoms with E-state index in [4.69, 9.17) is 28.1 Å². The highest BCUT2D eigenvalue weighted by Crippen LogP contribution is 2.30. The smallest absolute Gasteiger partial charge is 0.397 e. The van der Waals surface area contributed by atoms with E-state index in [9.17, 15) is 19.2 Å². The average molecular weight is 478 g/mol. The molecule has 2 aromatic rings. The van der Waals surface area contributed by atoms with E-state index in [2.05, 4.69) is 10.3 Å². The Morgan fingerprint density at radius 2 is 1.68 bits per heavy atom. The van der Waals surface area contributed by atoms with Crippen LogP contribution in [0.1, 0.15) is 33.3 Å². The third kappa shape index (κ3) is 6.22. The van der Waals surface area contributed by atoms with Crippen LogP contribution in [0.5, 0.6) is 6.08 Å². The first kappa shape index (κ1) is 25.0. The fourth-order valence-electron chi connectivity index (χ4n) is 3.56. The van der Waals surface area contributed by atoms with Crippen LogP contribution in [0.3, 0.4) is 0 Å². The molecule has 12 heteroatoms. The van der Waals surface area contributed by atoms with Gasteiger partial charge in [-0.05, 0) is 24.6 Å². The van der Waals surface area contributed by atoms with Crippen LogP contribution in [0, 0.1) is 6.92 Å².